The van der Waals surface area contributed by atoms with Gasteiger partial charge in [0.05, 0.1) is 13.2 Å². The molecule has 4 unspecified atom stereocenters. The molecule has 2 aliphatic carbocycles. The standard InChI is InChI=1S/C22H34O4/c1-5-11-22(23,24)16(2)7-6-8-17-9-10-18-12-21(13-19(17)18)25-14-20(3,4)15-26-21/h6,8,16-19,23-24H,7,9-10,12-15H2,1-4H3/b8-6+. The Morgan fingerprint density at radius 2 is 1.88 bits per heavy atom. The average molecular weight is 363 g/mol. The molecule has 1 aliphatic heterocycles. The van der Waals surface area contributed by atoms with Crippen LogP contribution in [0, 0.1) is 40.9 Å². The summed E-state index contributed by atoms with van der Waals surface area (Å²) in [6.07, 6.45) is 9.45. The monoisotopic (exact) mass is 362 g/mol. The second kappa shape index (κ2) is 7.28. The SMILES string of the molecule is CC#CC(O)(O)C(C)C/C=C/C1CCC2CC3(CC12)OCC(C)(C)CO3. The van der Waals surface area contributed by atoms with Gasteiger partial charge in [0.25, 0.3) is 0 Å². The molecule has 3 aliphatic rings. The summed E-state index contributed by atoms with van der Waals surface area (Å²) in [4.78, 5) is 0. The zero-order valence-electron chi connectivity index (χ0n) is 16.6. The van der Waals surface area contributed by atoms with E-state index >= 15 is 0 Å². The molecule has 0 bridgehead atoms. The molecule has 4 atom stereocenters. The van der Waals surface area contributed by atoms with Gasteiger partial charge in [0.15, 0.2) is 5.79 Å². The third kappa shape index (κ3) is 4.17. The summed E-state index contributed by atoms with van der Waals surface area (Å²) in [6.45, 7) is 9.37. The summed E-state index contributed by atoms with van der Waals surface area (Å²) in [5.41, 5.74) is 0.112. The number of aliphatic hydroxyl groups is 2. The Morgan fingerprint density at radius 3 is 2.54 bits per heavy atom. The first-order chi connectivity index (χ1) is 12.2. The van der Waals surface area contributed by atoms with Crippen molar-refractivity contribution in [1.82, 2.24) is 0 Å². The minimum Gasteiger partial charge on any atom is -0.356 e. The summed E-state index contributed by atoms with van der Waals surface area (Å²) >= 11 is 0. The predicted molar refractivity (Wildman–Crippen MR) is 101 cm³/mol. The predicted octanol–water partition coefficient (Wildman–Crippen LogP) is 3.48. The van der Waals surface area contributed by atoms with E-state index in [-0.39, 0.29) is 17.1 Å². The third-order valence-electron chi connectivity index (χ3n) is 6.47. The molecule has 1 spiro atoms. The van der Waals surface area contributed by atoms with E-state index in [4.69, 9.17) is 9.47 Å². The molecule has 4 heteroatoms. The van der Waals surface area contributed by atoms with Crippen LogP contribution < -0.4 is 0 Å². The van der Waals surface area contributed by atoms with E-state index in [9.17, 15) is 10.2 Å². The average Bonchev–Trinajstić information content (AvgIpc) is 3.09. The minimum atomic E-state index is -1.91. The Balaban J connectivity index is 1.56. The van der Waals surface area contributed by atoms with Crippen molar-refractivity contribution in [3.63, 3.8) is 0 Å². The van der Waals surface area contributed by atoms with Gasteiger partial charge in [-0.05, 0) is 49.9 Å². The summed E-state index contributed by atoms with van der Waals surface area (Å²) in [5.74, 6) is 4.32. The van der Waals surface area contributed by atoms with E-state index in [1.54, 1.807) is 6.92 Å². The van der Waals surface area contributed by atoms with Gasteiger partial charge in [-0.3, -0.25) is 0 Å². The highest BCUT2D eigenvalue weighted by atomic mass is 16.7. The van der Waals surface area contributed by atoms with E-state index in [1.165, 1.54) is 12.8 Å². The van der Waals surface area contributed by atoms with Crippen LogP contribution in [0.2, 0.25) is 0 Å². The second-order valence-corrected chi connectivity index (χ2v) is 9.39. The number of fused-ring (bicyclic) bond motifs is 1. The maximum Gasteiger partial charge on any atom is 0.231 e. The molecule has 1 saturated heterocycles. The molecular weight excluding hydrogens is 328 g/mol. The Kier molecular flexibility index (Phi) is 5.57. The van der Waals surface area contributed by atoms with Gasteiger partial charge in [0, 0.05) is 24.2 Å². The van der Waals surface area contributed by atoms with Crippen molar-refractivity contribution >= 4 is 0 Å². The van der Waals surface area contributed by atoms with Gasteiger partial charge in [-0.25, -0.2) is 0 Å². The highest BCUT2D eigenvalue weighted by molar-refractivity contribution is 5.10. The van der Waals surface area contributed by atoms with E-state index < -0.39 is 5.79 Å². The number of allylic oxidation sites excluding steroid dienone is 2. The molecule has 0 radical (unpaired) electrons. The fourth-order valence-corrected chi connectivity index (χ4v) is 4.74. The molecule has 4 nitrogen and oxygen atoms in total. The zero-order chi connectivity index (χ0) is 19.0. The number of hydrogen-bond donors (Lipinski definition) is 2. The lowest BCUT2D eigenvalue weighted by atomic mass is 9.90. The van der Waals surface area contributed by atoms with Gasteiger partial charge >= 0.3 is 0 Å². The normalized spacial score (nSPS) is 33.8. The van der Waals surface area contributed by atoms with Gasteiger partial charge in [-0.1, -0.05) is 32.9 Å². The van der Waals surface area contributed by atoms with Gasteiger partial charge in [-0.2, -0.15) is 0 Å². The summed E-state index contributed by atoms with van der Waals surface area (Å²) < 4.78 is 12.4. The lowest BCUT2D eigenvalue weighted by molar-refractivity contribution is -0.297. The Bertz CT molecular complexity index is 585. The smallest absolute Gasteiger partial charge is 0.231 e. The van der Waals surface area contributed by atoms with Crippen LogP contribution in [0.15, 0.2) is 12.2 Å². The van der Waals surface area contributed by atoms with Crippen molar-refractivity contribution in [3.8, 4) is 11.8 Å². The number of hydrogen-bond acceptors (Lipinski definition) is 4. The van der Waals surface area contributed by atoms with Gasteiger partial charge in [0.2, 0.25) is 5.79 Å². The molecule has 0 aromatic rings. The summed E-state index contributed by atoms with van der Waals surface area (Å²) in [6, 6.07) is 0. The maximum absolute atomic E-state index is 9.95. The first kappa shape index (κ1) is 19.9. The molecule has 2 saturated carbocycles. The highest BCUT2D eigenvalue weighted by Gasteiger charge is 2.54. The van der Waals surface area contributed by atoms with Crippen LogP contribution in [0.3, 0.4) is 0 Å². The Labute approximate surface area is 158 Å². The van der Waals surface area contributed by atoms with Crippen molar-refractivity contribution in [2.45, 2.75) is 71.4 Å². The fourth-order valence-electron chi connectivity index (χ4n) is 4.74. The molecular formula is C22H34O4. The molecule has 2 N–H and O–H groups in total. The topological polar surface area (TPSA) is 58.9 Å². The van der Waals surface area contributed by atoms with Crippen LogP contribution in [0.25, 0.3) is 0 Å². The Morgan fingerprint density at radius 1 is 1.19 bits per heavy atom. The second-order valence-electron chi connectivity index (χ2n) is 9.39. The van der Waals surface area contributed by atoms with Crippen molar-refractivity contribution < 1.29 is 19.7 Å². The van der Waals surface area contributed by atoms with Gasteiger partial charge in [0.1, 0.15) is 0 Å². The van der Waals surface area contributed by atoms with Crippen molar-refractivity contribution in [2.75, 3.05) is 13.2 Å². The van der Waals surface area contributed by atoms with E-state index in [0.29, 0.717) is 24.2 Å². The van der Waals surface area contributed by atoms with Crippen LogP contribution >= 0.6 is 0 Å². The molecule has 26 heavy (non-hydrogen) atoms. The van der Waals surface area contributed by atoms with Gasteiger partial charge < -0.3 is 19.7 Å². The summed E-state index contributed by atoms with van der Waals surface area (Å²) in [7, 11) is 0. The third-order valence-corrected chi connectivity index (χ3v) is 6.47. The lowest BCUT2D eigenvalue weighted by Gasteiger charge is -2.42. The van der Waals surface area contributed by atoms with Crippen LogP contribution in [0.4, 0.5) is 0 Å². The first-order valence-corrected chi connectivity index (χ1v) is 10.00. The molecule has 146 valence electrons. The van der Waals surface area contributed by atoms with Crippen LogP contribution in [0.1, 0.15) is 59.8 Å². The van der Waals surface area contributed by atoms with E-state index in [2.05, 4.69) is 37.8 Å². The quantitative estimate of drug-likeness (QED) is 0.457. The molecule has 1 heterocycles. The van der Waals surface area contributed by atoms with Crippen molar-refractivity contribution in [1.29, 1.82) is 0 Å². The largest absolute Gasteiger partial charge is 0.356 e. The van der Waals surface area contributed by atoms with Crippen molar-refractivity contribution in [2.24, 2.45) is 29.1 Å². The molecule has 3 rings (SSSR count). The van der Waals surface area contributed by atoms with E-state index in [1.807, 2.05) is 6.92 Å². The molecule has 0 amide bonds. The zero-order valence-corrected chi connectivity index (χ0v) is 16.6. The van der Waals surface area contributed by atoms with Crippen LogP contribution in [-0.4, -0.2) is 35.0 Å². The van der Waals surface area contributed by atoms with Crippen LogP contribution in [-0.2, 0) is 9.47 Å². The van der Waals surface area contributed by atoms with Crippen molar-refractivity contribution in [3.05, 3.63) is 12.2 Å². The summed E-state index contributed by atoms with van der Waals surface area (Å²) in [5, 5.41) is 19.9. The maximum atomic E-state index is 9.95. The molecule has 0 aromatic carbocycles. The Hall–Kier alpha value is -0.860. The fraction of sp³-hybridized carbons (Fsp3) is 0.818. The first-order valence-electron chi connectivity index (χ1n) is 10.00. The minimum absolute atomic E-state index is 0.112. The number of rotatable bonds is 4. The number of ether oxygens (including phenoxy) is 2. The van der Waals surface area contributed by atoms with Gasteiger partial charge in [-0.15, -0.1) is 5.92 Å². The highest BCUT2D eigenvalue weighted by Crippen LogP contribution is 2.55. The van der Waals surface area contributed by atoms with E-state index in [0.717, 1.165) is 26.1 Å². The molecule has 3 fully saturated rings. The molecule has 0 aromatic heterocycles. The lowest BCUT2D eigenvalue weighted by Crippen LogP contribution is -2.46. The van der Waals surface area contributed by atoms with Crippen LogP contribution in [0.5, 0.6) is 0 Å².